The van der Waals surface area contributed by atoms with E-state index in [-0.39, 0.29) is 5.04 Å². The van der Waals surface area contributed by atoms with Crippen molar-refractivity contribution in [1.29, 1.82) is 0 Å². The summed E-state index contributed by atoms with van der Waals surface area (Å²) in [5, 5.41) is 12.1. The zero-order chi connectivity index (χ0) is 18.3. The molecule has 0 aromatic heterocycles. The predicted molar refractivity (Wildman–Crippen MR) is 108 cm³/mol. The van der Waals surface area contributed by atoms with E-state index < -0.39 is 14.4 Å². The minimum absolute atomic E-state index is 0.0273. The Bertz CT molecular complexity index is 644. The van der Waals surface area contributed by atoms with Crippen LogP contribution in [-0.2, 0) is 4.43 Å². The molecular weight excluding hydrogens is 324 g/mol. The van der Waals surface area contributed by atoms with E-state index in [1.54, 1.807) is 0 Å². The SMILES string of the molecule is C#CC(O)CCCO[Si](c1ccccc1)(c1ccccc1)C(C)(C)C. The second-order valence-electron chi connectivity index (χ2n) is 7.34. The second-order valence-corrected chi connectivity index (χ2v) is 11.6. The first-order chi connectivity index (χ1) is 11.9. The number of terminal acetylenes is 1. The molecule has 2 aromatic rings. The highest BCUT2D eigenvalue weighted by Crippen LogP contribution is 2.36. The summed E-state index contributed by atoms with van der Waals surface area (Å²) in [7, 11) is -2.46. The Morgan fingerprint density at radius 2 is 1.48 bits per heavy atom. The monoisotopic (exact) mass is 352 g/mol. The molecule has 2 nitrogen and oxygen atoms in total. The van der Waals surface area contributed by atoms with Gasteiger partial charge in [0.2, 0.25) is 0 Å². The van der Waals surface area contributed by atoms with E-state index in [4.69, 9.17) is 10.8 Å². The Morgan fingerprint density at radius 1 is 1.00 bits per heavy atom. The Hall–Kier alpha value is -1.86. The summed E-state index contributed by atoms with van der Waals surface area (Å²) in [5.74, 6) is 2.37. The highest BCUT2D eigenvalue weighted by atomic mass is 28.4. The third-order valence-electron chi connectivity index (χ3n) is 4.55. The smallest absolute Gasteiger partial charge is 0.261 e. The maximum atomic E-state index is 9.60. The predicted octanol–water partition coefficient (Wildman–Crippen LogP) is 3.34. The summed E-state index contributed by atoms with van der Waals surface area (Å²) in [6.07, 6.45) is 5.88. The van der Waals surface area contributed by atoms with Gasteiger partial charge in [-0.15, -0.1) is 6.42 Å². The molecule has 2 aromatic carbocycles. The Balaban J connectivity index is 2.41. The molecule has 25 heavy (non-hydrogen) atoms. The maximum Gasteiger partial charge on any atom is 0.261 e. The van der Waals surface area contributed by atoms with Gasteiger partial charge < -0.3 is 9.53 Å². The van der Waals surface area contributed by atoms with Gasteiger partial charge in [0.05, 0.1) is 0 Å². The quantitative estimate of drug-likeness (QED) is 0.470. The van der Waals surface area contributed by atoms with Gasteiger partial charge in [-0.3, -0.25) is 0 Å². The van der Waals surface area contributed by atoms with Gasteiger partial charge in [0, 0.05) is 6.61 Å². The van der Waals surface area contributed by atoms with Crippen LogP contribution in [0.5, 0.6) is 0 Å². The largest absolute Gasteiger partial charge is 0.407 e. The van der Waals surface area contributed by atoms with Crippen molar-refractivity contribution in [2.24, 2.45) is 0 Å². The fourth-order valence-corrected chi connectivity index (χ4v) is 7.95. The number of hydrogen-bond acceptors (Lipinski definition) is 2. The van der Waals surface area contributed by atoms with E-state index in [1.807, 2.05) is 12.1 Å². The lowest BCUT2D eigenvalue weighted by Crippen LogP contribution is -2.66. The molecule has 0 saturated carbocycles. The van der Waals surface area contributed by atoms with Crippen LogP contribution in [0, 0.1) is 12.3 Å². The van der Waals surface area contributed by atoms with Gasteiger partial charge in [-0.05, 0) is 28.3 Å². The summed E-state index contributed by atoms with van der Waals surface area (Å²) in [4.78, 5) is 0. The van der Waals surface area contributed by atoms with E-state index in [0.717, 1.165) is 6.42 Å². The molecule has 0 heterocycles. The first-order valence-electron chi connectivity index (χ1n) is 8.81. The first-order valence-corrected chi connectivity index (χ1v) is 10.7. The summed E-state index contributed by atoms with van der Waals surface area (Å²) >= 11 is 0. The Kier molecular flexibility index (Phi) is 6.61. The molecule has 0 aliphatic heterocycles. The van der Waals surface area contributed by atoms with Crippen LogP contribution >= 0.6 is 0 Å². The highest BCUT2D eigenvalue weighted by molar-refractivity contribution is 6.99. The average Bonchev–Trinajstić information content (AvgIpc) is 2.62. The molecule has 0 fully saturated rings. The van der Waals surface area contributed by atoms with Crippen molar-refractivity contribution in [3.63, 3.8) is 0 Å². The minimum atomic E-state index is -2.46. The van der Waals surface area contributed by atoms with Gasteiger partial charge in [0.15, 0.2) is 0 Å². The molecule has 1 N–H and O–H groups in total. The molecule has 0 aliphatic carbocycles. The maximum absolute atomic E-state index is 9.60. The van der Waals surface area contributed by atoms with E-state index in [9.17, 15) is 5.11 Å². The first kappa shape index (κ1) is 19.5. The molecule has 1 atom stereocenters. The molecule has 3 heteroatoms. The third-order valence-corrected chi connectivity index (χ3v) is 9.59. The lowest BCUT2D eigenvalue weighted by Gasteiger charge is -2.43. The average molecular weight is 353 g/mol. The molecule has 132 valence electrons. The lowest BCUT2D eigenvalue weighted by molar-refractivity contribution is 0.200. The number of aliphatic hydroxyl groups is 1. The summed E-state index contributed by atoms with van der Waals surface area (Å²) in [5.41, 5.74) is 0. The standard InChI is InChI=1S/C22H28O2Si/c1-5-19(23)13-12-18-24-25(22(2,3)4,20-14-8-6-9-15-20)21-16-10-7-11-17-21/h1,6-11,14-17,19,23H,12-13,18H2,2-4H3. The number of rotatable bonds is 7. The van der Waals surface area contributed by atoms with E-state index in [2.05, 4.69) is 75.2 Å². The molecule has 2 rings (SSSR count). The second kappa shape index (κ2) is 8.49. The fourth-order valence-electron chi connectivity index (χ4n) is 3.35. The van der Waals surface area contributed by atoms with Gasteiger partial charge >= 0.3 is 0 Å². The van der Waals surface area contributed by atoms with E-state index in [0.29, 0.717) is 13.0 Å². The van der Waals surface area contributed by atoms with Crippen molar-refractivity contribution in [2.45, 2.75) is 44.8 Å². The Morgan fingerprint density at radius 3 is 1.88 bits per heavy atom. The van der Waals surface area contributed by atoms with Crippen molar-refractivity contribution in [2.75, 3.05) is 6.61 Å². The Labute approximate surface area is 153 Å². The molecule has 0 bridgehead atoms. The van der Waals surface area contributed by atoms with Crippen LogP contribution in [0.15, 0.2) is 60.7 Å². The lowest BCUT2D eigenvalue weighted by atomic mass is 10.2. The van der Waals surface area contributed by atoms with Crippen LogP contribution in [0.4, 0.5) is 0 Å². The van der Waals surface area contributed by atoms with E-state index in [1.165, 1.54) is 10.4 Å². The number of aliphatic hydroxyl groups excluding tert-OH is 1. The summed E-state index contributed by atoms with van der Waals surface area (Å²) in [6, 6.07) is 21.1. The normalized spacial score (nSPS) is 13.2. The van der Waals surface area contributed by atoms with Gasteiger partial charge in [-0.1, -0.05) is 87.4 Å². The van der Waals surface area contributed by atoms with Gasteiger partial charge in [0.25, 0.3) is 8.32 Å². The van der Waals surface area contributed by atoms with E-state index >= 15 is 0 Å². The molecule has 0 aliphatic rings. The fraction of sp³-hybridized carbons (Fsp3) is 0.364. The van der Waals surface area contributed by atoms with Crippen LogP contribution in [0.25, 0.3) is 0 Å². The zero-order valence-electron chi connectivity index (χ0n) is 15.4. The highest BCUT2D eigenvalue weighted by Gasteiger charge is 2.49. The van der Waals surface area contributed by atoms with Gasteiger partial charge in [-0.2, -0.15) is 0 Å². The minimum Gasteiger partial charge on any atom is -0.407 e. The topological polar surface area (TPSA) is 29.5 Å². The molecule has 0 amide bonds. The van der Waals surface area contributed by atoms with Crippen molar-refractivity contribution in [1.82, 2.24) is 0 Å². The van der Waals surface area contributed by atoms with Gasteiger partial charge in [-0.25, -0.2) is 0 Å². The van der Waals surface area contributed by atoms with Crippen LogP contribution in [0.3, 0.4) is 0 Å². The molecule has 0 radical (unpaired) electrons. The van der Waals surface area contributed by atoms with Gasteiger partial charge in [0.1, 0.15) is 6.10 Å². The molecule has 0 saturated heterocycles. The van der Waals surface area contributed by atoms with Crippen LogP contribution < -0.4 is 10.4 Å². The number of benzene rings is 2. The zero-order valence-corrected chi connectivity index (χ0v) is 16.4. The van der Waals surface area contributed by atoms with Crippen molar-refractivity contribution in [3.8, 4) is 12.3 Å². The third kappa shape index (κ3) is 4.41. The van der Waals surface area contributed by atoms with Crippen LogP contribution in [0.2, 0.25) is 5.04 Å². The summed E-state index contributed by atoms with van der Waals surface area (Å²) in [6.45, 7) is 7.37. The number of hydrogen-bond donors (Lipinski definition) is 1. The van der Waals surface area contributed by atoms with Crippen molar-refractivity contribution >= 4 is 18.7 Å². The van der Waals surface area contributed by atoms with Crippen molar-refractivity contribution in [3.05, 3.63) is 60.7 Å². The molecule has 0 spiro atoms. The molecular formula is C22H28O2Si. The summed E-state index contributed by atoms with van der Waals surface area (Å²) < 4.78 is 6.72. The van der Waals surface area contributed by atoms with Crippen molar-refractivity contribution < 1.29 is 9.53 Å². The van der Waals surface area contributed by atoms with Crippen LogP contribution in [0.1, 0.15) is 33.6 Å². The molecule has 1 unspecified atom stereocenters. The van der Waals surface area contributed by atoms with Crippen LogP contribution in [-0.4, -0.2) is 26.1 Å².